The summed E-state index contributed by atoms with van der Waals surface area (Å²) >= 11 is 0. The molecule has 1 aromatic carbocycles. The van der Waals surface area contributed by atoms with Gasteiger partial charge in [-0.15, -0.1) is 0 Å². The van der Waals surface area contributed by atoms with Crippen LogP contribution in [-0.2, 0) is 0 Å². The summed E-state index contributed by atoms with van der Waals surface area (Å²) in [7, 11) is 1.95. The zero-order valence-corrected chi connectivity index (χ0v) is 10.7. The molecule has 0 saturated carbocycles. The van der Waals surface area contributed by atoms with E-state index in [4.69, 9.17) is 5.73 Å². The lowest BCUT2D eigenvalue weighted by Gasteiger charge is -2.37. The van der Waals surface area contributed by atoms with Gasteiger partial charge >= 0.3 is 0 Å². The highest BCUT2D eigenvalue weighted by atomic mass is 19.1. The van der Waals surface area contributed by atoms with Gasteiger partial charge < -0.3 is 10.6 Å². The normalized spacial score (nSPS) is 13.6. The number of hydrogen-bond donors (Lipinski definition) is 1. The van der Waals surface area contributed by atoms with Crippen LogP contribution in [-0.4, -0.2) is 13.1 Å². The minimum absolute atomic E-state index is 0.119. The van der Waals surface area contributed by atoms with Crippen molar-refractivity contribution in [1.29, 1.82) is 0 Å². The second-order valence-corrected chi connectivity index (χ2v) is 5.33. The largest absolute Gasteiger partial charge is 0.395 e. The zero-order chi connectivity index (χ0) is 12.5. The van der Waals surface area contributed by atoms with Crippen molar-refractivity contribution in [2.24, 2.45) is 5.41 Å². The standard InChI is InChI=1S/C13H21FN2/c1-9(13(2,3)4)16(5)11-8-6-7-10(14)12(11)15/h6-9H,15H2,1-5H3. The number of hydrogen-bond acceptors (Lipinski definition) is 2. The molecule has 2 N–H and O–H groups in total. The molecule has 0 heterocycles. The van der Waals surface area contributed by atoms with Crippen molar-refractivity contribution in [3.05, 3.63) is 24.0 Å². The van der Waals surface area contributed by atoms with Gasteiger partial charge in [-0.1, -0.05) is 26.8 Å². The molecule has 0 saturated heterocycles. The summed E-state index contributed by atoms with van der Waals surface area (Å²) in [4.78, 5) is 2.03. The first kappa shape index (κ1) is 12.8. The molecular weight excluding hydrogens is 203 g/mol. The number of anilines is 2. The summed E-state index contributed by atoms with van der Waals surface area (Å²) in [6.45, 7) is 8.58. The highest BCUT2D eigenvalue weighted by Crippen LogP contribution is 2.31. The highest BCUT2D eigenvalue weighted by Gasteiger charge is 2.25. The Bertz CT molecular complexity index is 369. The molecule has 0 aliphatic rings. The molecule has 1 rings (SSSR count). The summed E-state index contributed by atoms with van der Waals surface area (Å²) in [5.74, 6) is -0.356. The Labute approximate surface area is 97.3 Å². The molecule has 0 aromatic heterocycles. The number of rotatable bonds is 2. The third-order valence-corrected chi connectivity index (χ3v) is 3.24. The van der Waals surface area contributed by atoms with E-state index < -0.39 is 0 Å². The number of nitrogens with zero attached hydrogens (tertiary/aromatic N) is 1. The molecule has 1 atom stereocenters. The molecular formula is C13H21FN2. The van der Waals surface area contributed by atoms with E-state index in [0.29, 0.717) is 0 Å². The van der Waals surface area contributed by atoms with E-state index in [1.54, 1.807) is 6.07 Å². The Balaban J connectivity index is 3.06. The fourth-order valence-electron chi connectivity index (χ4n) is 1.62. The van der Waals surface area contributed by atoms with E-state index in [0.717, 1.165) is 5.69 Å². The van der Waals surface area contributed by atoms with Crippen molar-refractivity contribution in [3.8, 4) is 0 Å². The van der Waals surface area contributed by atoms with Crippen LogP contribution >= 0.6 is 0 Å². The van der Waals surface area contributed by atoms with E-state index in [2.05, 4.69) is 27.7 Å². The van der Waals surface area contributed by atoms with E-state index in [9.17, 15) is 4.39 Å². The molecule has 0 fully saturated rings. The van der Waals surface area contributed by atoms with Crippen molar-refractivity contribution in [2.75, 3.05) is 17.7 Å². The molecule has 1 unspecified atom stereocenters. The average molecular weight is 224 g/mol. The third-order valence-electron chi connectivity index (χ3n) is 3.24. The first-order valence-electron chi connectivity index (χ1n) is 5.52. The number of para-hydroxylation sites is 1. The maximum absolute atomic E-state index is 13.3. The lowest BCUT2D eigenvalue weighted by Crippen LogP contribution is -2.39. The summed E-state index contributed by atoms with van der Waals surface area (Å²) in [6, 6.07) is 5.19. The van der Waals surface area contributed by atoms with Crippen molar-refractivity contribution >= 4 is 11.4 Å². The minimum atomic E-state index is -0.356. The van der Waals surface area contributed by atoms with Gasteiger partial charge in [0.25, 0.3) is 0 Å². The van der Waals surface area contributed by atoms with Gasteiger partial charge in [-0.3, -0.25) is 0 Å². The maximum atomic E-state index is 13.3. The fraction of sp³-hybridized carbons (Fsp3) is 0.538. The summed E-state index contributed by atoms with van der Waals surface area (Å²) < 4.78 is 13.3. The number of halogens is 1. The summed E-state index contributed by atoms with van der Waals surface area (Å²) in [5, 5.41) is 0. The molecule has 0 aliphatic heterocycles. The van der Waals surface area contributed by atoms with Crippen LogP contribution in [0.25, 0.3) is 0 Å². The zero-order valence-electron chi connectivity index (χ0n) is 10.7. The van der Waals surface area contributed by atoms with E-state index in [1.165, 1.54) is 6.07 Å². The van der Waals surface area contributed by atoms with Gasteiger partial charge in [0.15, 0.2) is 0 Å². The van der Waals surface area contributed by atoms with Crippen molar-refractivity contribution in [1.82, 2.24) is 0 Å². The van der Waals surface area contributed by atoms with Crippen LogP contribution in [0.5, 0.6) is 0 Å². The van der Waals surface area contributed by atoms with Gasteiger partial charge in [0.1, 0.15) is 5.82 Å². The van der Waals surface area contributed by atoms with Crippen LogP contribution in [0.4, 0.5) is 15.8 Å². The molecule has 0 amide bonds. The first-order chi connectivity index (χ1) is 7.25. The highest BCUT2D eigenvalue weighted by molar-refractivity contribution is 5.68. The van der Waals surface area contributed by atoms with E-state index >= 15 is 0 Å². The van der Waals surface area contributed by atoms with Crippen molar-refractivity contribution < 1.29 is 4.39 Å². The fourth-order valence-corrected chi connectivity index (χ4v) is 1.62. The Morgan fingerprint density at radius 3 is 2.38 bits per heavy atom. The number of nitrogens with two attached hydrogens (primary N) is 1. The molecule has 0 bridgehead atoms. The van der Waals surface area contributed by atoms with Gasteiger partial charge in [-0.05, 0) is 24.5 Å². The lowest BCUT2D eigenvalue weighted by atomic mass is 9.87. The second kappa shape index (κ2) is 4.32. The smallest absolute Gasteiger partial charge is 0.148 e. The topological polar surface area (TPSA) is 29.3 Å². The van der Waals surface area contributed by atoms with Gasteiger partial charge in [0.05, 0.1) is 11.4 Å². The van der Waals surface area contributed by atoms with Gasteiger partial charge in [-0.2, -0.15) is 0 Å². The van der Waals surface area contributed by atoms with Gasteiger partial charge in [0.2, 0.25) is 0 Å². The molecule has 3 heteroatoms. The number of nitrogen functional groups attached to an aromatic ring is 1. The second-order valence-electron chi connectivity index (χ2n) is 5.33. The molecule has 0 radical (unpaired) electrons. The quantitative estimate of drug-likeness (QED) is 0.781. The predicted octanol–water partition coefficient (Wildman–Crippen LogP) is 3.28. The van der Waals surface area contributed by atoms with Crippen LogP contribution in [0.3, 0.4) is 0 Å². The van der Waals surface area contributed by atoms with Crippen LogP contribution in [0.15, 0.2) is 18.2 Å². The van der Waals surface area contributed by atoms with E-state index in [-0.39, 0.29) is 23.0 Å². The summed E-state index contributed by atoms with van der Waals surface area (Å²) in [5.41, 5.74) is 6.84. The van der Waals surface area contributed by atoms with Crippen LogP contribution in [0, 0.1) is 11.2 Å². The van der Waals surface area contributed by atoms with E-state index in [1.807, 2.05) is 18.0 Å². The Hall–Kier alpha value is -1.25. The SMILES string of the molecule is CC(N(C)c1cccc(F)c1N)C(C)(C)C. The maximum Gasteiger partial charge on any atom is 0.148 e. The summed E-state index contributed by atoms with van der Waals surface area (Å²) in [6.07, 6.45) is 0. The first-order valence-corrected chi connectivity index (χ1v) is 5.52. The molecule has 2 nitrogen and oxygen atoms in total. The van der Waals surface area contributed by atoms with Crippen molar-refractivity contribution in [2.45, 2.75) is 33.7 Å². The van der Waals surface area contributed by atoms with Crippen LogP contribution in [0.2, 0.25) is 0 Å². The molecule has 90 valence electrons. The Kier molecular flexibility index (Phi) is 3.46. The average Bonchev–Trinajstić information content (AvgIpc) is 2.18. The van der Waals surface area contributed by atoms with Crippen molar-refractivity contribution in [3.63, 3.8) is 0 Å². The third kappa shape index (κ3) is 2.46. The molecule has 0 spiro atoms. The molecule has 0 aliphatic carbocycles. The Morgan fingerprint density at radius 1 is 1.31 bits per heavy atom. The number of benzene rings is 1. The minimum Gasteiger partial charge on any atom is -0.395 e. The molecule has 1 aromatic rings. The Morgan fingerprint density at radius 2 is 1.88 bits per heavy atom. The van der Waals surface area contributed by atoms with Crippen LogP contribution < -0.4 is 10.6 Å². The lowest BCUT2D eigenvalue weighted by molar-refractivity contribution is 0.330. The monoisotopic (exact) mass is 224 g/mol. The molecule has 16 heavy (non-hydrogen) atoms. The van der Waals surface area contributed by atoms with Gasteiger partial charge in [-0.25, -0.2) is 4.39 Å². The predicted molar refractivity (Wildman–Crippen MR) is 68.1 cm³/mol. The van der Waals surface area contributed by atoms with Gasteiger partial charge in [0, 0.05) is 13.1 Å². The van der Waals surface area contributed by atoms with Crippen LogP contribution in [0.1, 0.15) is 27.7 Å².